The van der Waals surface area contributed by atoms with Crippen molar-refractivity contribution >= 4 is 75.8 Å². The molecule has 0 fully saturated rings. The Bertz CT molecular complexity index is 4250. The maximum atomic E-state index is 5.61. The van der Waals surface area contributed by atoms with Crippen LogP contribution in [-0.2, 0) is 0 Å². The fraction of sp³-hybridized carbons (Fsp3) is 0. The van der Waals surface area contributed by atoms with Crippen LogP contribution in [0.25, 0.3) is 138 Å². The first-order chi connectivity index (χ1) is 34.2. The Balaban J connectivity index is 0.975. The molecule has 0 bridgehead atoms. The largest absolute Gasteiger partial charge is 0.309 e. The summed E-state index contributed by atoms with van der Waals surface area (Å²) in [5, 5.41) is 13.0. The van der Waals surface area contributed by atoms with Gasteiger partial charge < -0.3 is 4.57 Å². The Kier molecular flexibility index (Phi) is 8.86. The summed E-state index contributed by atoms with van der Waals surface area (Å²) in [5.74, 6) is 0.679. The Morgan fingerprint density at radius 3 is 1.52 bits per heavy atom. The molecule has 3 heterocycles. The molecule has 14 rings (SSSR count). The van der Waals surface area contributed by atoms with Crippen LogP contribution in [0.5, 0.6) is 0 Å². The molecule has 0 spiro atoms. The van der Waals surface area contributed by atoms with E-state index in [1.165, 1.54) is 59.5 Å². The molecule has 0 saturated carbocycles. The van der Waals surface area contributed by atoms with Crippen LogP contribution in [0.4, 0.5) is 0 Å². The Hall–Kier alpha value is -9.25. The van der Waals surface area contributed by atoms with E-state index in [0.717, 1.165) is 72.4 Å². The second kappa shape index (κ2) is 15.7. The van der Waals surface area contributed by atoms with Gasteiger partial charge in [-0.2, -0.15) is 0 Å². The van der Waals surface area contributed by atoms with Gasteiger partial charge in [-0.05, 0) is 92.0 Å². The number of fused-ring (bicyclic) bond motifs is 11. The third-order valence-electron chi connectivity index (χ3n) is 13.9. The normalized spacial score (nSPS) is 11.8. The van der Waals surface area contributed by atoms with Crippen LogP contribution in [-0.4, -0.2) is 19.5 Å². The van der Waals surface area contributed by atoms with E-state index in [9.17, 15) is 0 Å². The van der Waals surface area contributed by atoms with Crippen LogP contribution in [0.1, 0.15) is 0 Å². The summed E-state index contributed by atoms with van der Waals surface area (Å²) >= 11 is 0. The molecule has 3 aromatic heterocycles. The number of pyridine rings is 1. The van der Waals surface area contributed by atoms with E-state index in [-0.39, 0.29) is 0 Å². The number of hydrogen-bond acceptors (Lipinski definition) is 3. The van der Waals surface area contributed by atoms with E-state index in [2.05, 4.69) is 247 Å². The summed E-state index contributed by atoms with van der Waals surface area (Å²) in [4.78, 5) is 16.2. The maximum Gasteiger partial charge on any atom is 0.160 e. The fourth-order valence-corrected chi connectivity index (χ4v) is 10.7. The predicted octanol–water partition coefficient (Wildman–Crippen LogP) is 17.1. The highest BCUT2D eigenvalue weighted by atomic mass is 15.0. The summed E-state index contributed by atoms with van der Waals surface area (Å²) in [6.45, 7) is 0. The minimum atomic E-state index is 0.679. The average molecular weight is 877 g/mol. The highest BCUT2D eigenvalue weighted by Crippen LogP contribution is 2.46. The molecular formula is C65H40N4. The van der Waals surface area contributed by atoms with Crippen molar-refractivity contribution in [2.75, 3.05) is 0 Å². The number of hydrogen-bond donors (Lipinski definition) is 0. The van der Waals surface area contributed by atoms with Crippen molar-refractivity contribution in [1.82, 2.24) is 19.5 Å². The van der Waals surface area contributed by atoms with E-state index in [0.29, 0.717) is 5.82 Å². The molecule has 0 radical (unpaired) electrons. The van der Waals surface area contributed by atoms with E-state index >= 15 is 0 Å². The van der Waals surface area contributed by atoms with Gasteiger partial charge in [0.1, 0.15) is 0 Å². The van der Waals surface area contributed by atoms with Gasteiger partial charge in [0, 0.05) is 54.9 Å². The van der Waals surface area contributed by atoms with Crippen molar-refractivity contribution in [2.45, 2.75) is 0 Å². The average Bonchev–Trinajstić information content (AvgIpc) is 3.77. The molecule has 4 heteroatoms. The number of benzene rings is 11. The van der Waals surface area contributed by atoms with E-state index < -0.39 is 0 Å². The number of para-hydroxylation sites is 2. The summed E-state index contributed by atoms with van der Waals surface area (Å²) in [7, 11) is 0. The van der Waals surface area contributed by atoms with Crippen LogP contribution < -0.4 is 0 Å². The van der Waals surface area contributed by atoms with Gasteiger partial charge in [-0.1, -0.05) is 194 Å². The van der Waals surface area contributed by atoms with Crippen molar-refractivity contribution in [1.29, 1.82) is 0 Å². The van der Waals surface area contributed by atoms with Gasteiger partial charge >= 0.3 is 0 Å². The highest BCUT2D eigenvalue weighted by molar-refractivity contribution is 6.34. The molecule has 69 heavy (non-hydrogen) atoms. The molecule has 14 aromatic rings. The van der Waals surface area contributed by atoms with Crippen molar-refractivity contribution in [3.8, 4) is 62.0 Å². The Labute approximate surface area is 398 Å². The molecule has 0 aliphatic heterocycles. The summed E-state index contributed by atoms with van der Waals surface area (Å²) in [5.41, 5.74) is 13.5. The quantitative estimate of drug-likeness (QED) is 0.156. The fourth-order valence-electron chi connectivity index (χ4n) is 10.7. The molecule has 4 nitrogen and oxygen atoms in total. The molecule has 0 saturated heterocycles. The molecule has 0 aliphatic carbocycles. The molecule has 0 aliphatic rings. The van der Waals surface area contributed by atoms with E-state index in [1.807, 2.05) is 0 Å². The SMILES string of the molecule is c1ccc(-c2nc3cc(-c4ccc(-c5nc(-c6ccc7ccccc7c6)cc(-c6ccc7ccccc7c6)n5)cc4)c4ccccc4c3c3c2ccc2c3c3ccccc3n2-c2ccccc2)cc1. The first-order valence-electron chi connectivity index (χ1n) is 23.5. The van der Waals surface area contributed by atoms with Crippen molar-refractivity contribution in [3.63, 3.8) is 0 Å². The second-order valence-corrected chi connectivity index (χ2v) is 17.9. The highest BCUT2D eigenvalue weighted by Gasteiger charge is 2.22. The summed E-state index contributed by atoms with van der Waals surface area (Å²) in [6.07, 6.45) is 0. The predicted molar refractivity (Wildman–Crippen MR) is 289 cm³/mol. The van der Waals surface area contributed by atoms with Gasteiger partial charge in [-0.25, -0.2) is 15.0 Å². The zero-order chi connectivity index (χ0) is 45.4. The first-order valence-corrected chi connectivity index (χ1v) is 23.5. The third kappa shape index (κ3) is 6.41. The molecule has 0 unspecified atom stereocenters. The van der Waals surface area contributed by atoms with Crippen molar-refractivity contribution in [3.05, 3.63) is 243 Å². The summed E-state index contributed by atoms with van der Waals surface area (Å²) < 4.78 is 2.41. The minimum Gasteiger partial charge on any atom is -0.309 e. The van der Waals surface area contributed by atoms with Gasteiger partial charge in [0.05, 0.1) is 33.6 Å². The van der Waals surface area contributed by atoms with Crippen LogP contribution >= 0.6 is 0 Å². The molecule has 0 atom stereocenters. The lowest BCUT2D eigenvalue weighted by Gasteiger charge is -2.17. The zero-order valence-corrected chi connectivity index (χ0v) is 37.4. The van der Waals surface area contributed by atoms with Crippen molar-refractivity contribution in [2.24, 2.45) is 0 Å². The Morgan fingerprint density at radius 1 is 0.290 bits per heavy atom. The van der Waals surface area contributed by atoms with Gasteiger partial charge in [0.15, 0.2) is 5.82 Å². The van der Waals surface area contributed by atoms with Crippen LogP contribution in [0.2, 0.25) is 0 Å². The number of aromatic nitrogens is 4. The standard InChI is InChI=1S/C65H40N4/c1-3-17-44(18-4-1)64-54-35-36-60-62(53-25-13-14-26-59(53)69(60)50-21-5-2-6-22-50)63(54)61-52-24-12-11-23-51(52)55(39-58(61)66-64)43-29-31-45(32-30-43)65-67-56(48-33-27-41-15-7-9-19-46(41)37-48)40-57(68-65)49-34-28-42-16-8-10-20-47(42)38-49/h1-40H. The van der Waals surface area contributed by atoms with E-state index in [1.54, 1.807) is 0 Å². The lowest BCUT2D eigenvalue weighted by molar-refractivity contribution is 1.18. The summed E-state index contributed by atoms with van der Waals surface area (Å²) in [6, 6.07) is 86.9. The van der Waals surface area contributed by atoms with Crippen LogP contribution in [0, 0.1) is 0 Å². The third-order valence-corrected chi connectivity index (χ3v) is 13.9. The van der Waals surface area contributed by atoms with Crippen LogP contribution in [0.15, 0.2) is 243 Å². The van der Waals surface area contributed by atoms with E-state index in [4.69, 9.17) is 15.0 Å². The van der Waals surface area contributed by atoms with Gasteiger partial charge in [0.25, 0.3) is 0 Å². The topological polar surface area (TPSA) is 43.6 Å². The van der Waals surface area contributed by atoms with Crippen molar-refractivity contribution < 1.29 is 0 Å². The van der Waals surface area contributed by atoms with Gasteiger partial charge in [-0.3, -0.25) is 0 Å². The molecule has 320 valence electrons. The molecule has 11 aromatic carbocycles. The smallest absolute Gasteiger partial charge is 0.160 e. The van der Waals surface area contributed by atoms with Gasteiger partial charge in [0.2, 0.25) is 0 Å². The van der Waals surface area contributed by atoms with Gasteiger partial charge in [-0.15, -0.1) is 0 Å². The second-order valence-electron chi connectivity index (χ2n) is 17.9. The first kappa shape index (κ1) is 39.0. The van der Waals surface area contributed by atoms with Crippen LogP contribution in [0.3, 0.4) is 0 Å². The number of rotatable bonds is 6. The lowest BCUT2D eigenvalue weighted by atomic mass is 9.90. The Morgan fingerprint density at radius 2 is 0.841 bits per heavy atom. The maximum absolute atomic E-state index is 5.61. The lowest BCUT2D eigenvalue weighted by Crippen LogP contribution is -1.96. The monoisotopic (exact) mass is 876 g/mol. The molecular weight excluding hydrogens is 837 g/mol. The molecule has 0 amide bonds. The molecule has 0 N–H and O–H groups in total. The number of nitrogens with zero attached hydrogens (tertiary/aromatic N) is 4. The minimum absolute atomic E-state index is 0.679. The zero-order valence-electron chi connectivity index (χ0n) is 37.4.